The molecule has 0 radical (unpaired) electrons. The Morgan fingerprint density at radius 3 is 1.14 bits per heavy atom. The highest BCUT2D eigenvalue weighted by molar-refractivity contribution is 6.78. The van der Waals surface area contributed by atoms with E-state index in [4.69, 9.17) is 14.2 Å². The van der Waals surface area contributed by atoms with E-state index in [0.717, 1.165) is 36.2 Å². The van der Waals surface area contributed by atoms with Crippen LogP contribution in [-0.4, -0.2) is 27.5 Å². The molecule has 194 valence electrons. The smallest absolute Gasteiger partial charge is 0.118 e. The summed E-state index contributed by atoms with van der Waals surface area (Å²) in [5, 5.41) is 0. The molecule has 3 rings (SSSR count). The molecule has 0 aliphatic carbocycles. The minimum absolute atomic E-state index is 0.744. The van der Waals surface area contributed by atoms with Crippen molar-refractivity contribution in [2.75, 3.05) is 21.3 Å². The zero-order valence-corrected chi connectivity index (χ0v) is 22.8. The number of methoxy groups -OCH3 is 3. The van der Waals surface area contributed by atoms with Gasteiger partial charge in [0.1, 0.15) is 17.2 Å². The highest BCUT2D eigenvalue weighted by atomic mass is 16.5. The van der Waals surface area contributed by atoms with E-state index in [2.05, 4.69) is 79.7 Å². The molecule has 0 N–H and O–H groups in total. The van der Waals surface area contributed by atoms with Gasteiger partial charge in [-0.2, -0.15) is 25.3 Å². The molecule has 3 nitrogen and oxygen atoms in total. The van der Waals surface area contributed by atoms with E-state index in [1.54, 1.807) is 21.3 Å². The number of rotatable bonds is 16. The van der Waals surface area contributed by atoms with Crippen molar-refractivity contribution in [1.82, 2.24) is 0 Å². The van der Waals surface area contributed by atoms with E-state index in [0.29, 0.717) is 0 Å². The van der Waals surface area contributed by atoms with Crippen LogP contribution in [0.15, 0.2) is 72.8 Å². The molecule has 0 saturated heterocycles. The van der Waals surface area contributed by atoms with Gasteiger partial charge in [-0.25, -0.2) is 0 Å². The highest BCUT2D eigenvalue weighted by Crippen LogP contribution is 2.30. The summed E-state index contributed by atoms with van der Waals surface area (Å²) in [6, 6.07) is 26.1. The first-order chi connectivity index (χ1) is 17.6. The normalized spacial score (nSPS) is 11.3. The zero-order valence-electron chi connectivity index (χ0n) is 22.8. The Morgan fingerprint density at radius 2 is 0.806 bits per heavy atom. The fraction of sp³-hybridized carbons (Fsp3) is 0.438. The van der Waals surface area contributed by atoms with Crippen molar-refractivity contribution in [2.24, 2.45) is 0 Å². The molecule has 0 amide bonds. The number of hydrogen-bond acceptors (Lipinski definition) is 3. The number of hydrogen-bond donors (Lipinski definition) is 0. The van der Waals surface area contributed by atoms with E-state index in [1.807, 2.05) is 0 Å². The third kappa shape index (κ3) is 8.66. The van der Waals surface area contributed by atoms with E-state index < -0.39 is 6.15 Å². The van der Waals surface area contributed by atoms with Crippen molar-refractivity contribution < 1.29 is 14.2 Å². The second-order valence-corrected chi connectivity index (χ2v) is 10.4. The van der Waals surface area contributed by atoms with Crippen LogP contribution in [0.2, 0.25) is 6.32 Å². The summed E-state index contributed by atoms with van der Waals surface area (Å²) in [5.41, 5.74) is 4.18. The standard InChI is InChI=1S/C32H44BO3/c1-5-6-7-8-9-10-23-33(24-27-11-17-30(34-2)18-12-27,25-28-13-19-31(35-3)20-14-28)26-29-15-21-32(36-4)22-16-29/h11-22H,5-10,23-26H2,1-4H3/q-1. The van der Waals surface area contributed by atoms with Crippen molar-refractivity contribution in [3.05, 3.63) is 89.5 Å². The van der Waals surface area contributed by atoms with Crippen molar-refractivity contribution in [3.8, 4) is 17.2 Å². The Balaban J connectivity index is 1.90. The van der Waals surface area contributed by atoms with E-state index >= 15 is 0 Å². The maximum atomic E-state index is 5.43. The molecule has 0 saturated carbocycles. The minimum atomic E-state index is -0.744. The summed E-state index contributed by atoms with van der Waals surface area (Å²) >= 11 is 0. The highest BCUT2D eigenvalue weighted by Gasteiger charge is 2.26. The van der Waals surface area contributed by atoms with Gasteiger partial charge in [0.2, 0.25) is 0 Å². The molecule has 0 atom stereocenters. The lowest BCUT2D eigenvalue weighted by Gasteiger charge is -2.41. The summed E-state index contributed by atoms with van der Waals surface area (Å²) in [7, 11) is 5.19. The Hall–Kier alpha value is -2.88. The van der Waals surface area contributed by atoms with Gasteiger partial charge in [0, 0.05) is 6.15 Å². The van der Waals surface area contributed by atoms with Crippen LogP contribution in [0, 0.1) is 0 Å². The van der Waals surface area contributed by atoms with E-state index in [1.165, 1.54) is 61.5 Å². The molecule has 0 heterocycles. The van der Waals surface area contributed by atoms with Gasteiger partial charge < -0.3 is 14.2 Å². The van der Waals surface area contributed by atoms with E-state index in [9.17, 15) is 0 Å². The van der Waals surface area contributed by atoms with Crippen molar-refractivity contribution in [3.63, 3.8) is 0 Å². The van der Waals surface area contributed by atoms with Crippen LogP contribution in [0.1, 0.15) is 62.1 Å². The summed E-state index contributed by atoms with van der Waals surface area (Å²) in [5.74, 6) is 2.74. The first-order valence-electron chi connectivity index (χ1n) is 13.7. The van der Waals surface area contributed by atoms with Crippen LogP contribution in [0.3, 0.4) is 0 Å². The van der Waals surface area contributed by atoms with Crippen LogP contribution in [-0.2, 0) is 19.0 Å². The fourth-order valence-electron chi connectivity index (χ4n) is 5.67. The molecule has 36 heavy (non-hydrogen) atoms. The van der Waals surface area contributed by atoms with Crippen LogP contribution in [0.5, 0.6) is 17.2 Å². The number of ether oxygens (including phenoxy) is 3. The molecule has 0 aliphatic heterocycles. The van der Waals surface area contributed by atoms with Gasteiger partial charge in [0.25, 0.3) is 0 Å². The maximum Gasteiger partial charge on any atom is 0.118 e. The molecular weight excluding hydrogens is 443 g/mol. The molecule has 0 unspecified atom stereocenters. The van der Waals surface area contributed by atoms with Crippen molar-refractivity contribution >= 4 is 6.15 Å². The molecule has 0 fully saturated rings. The first-order valence-corrected chi connectivity index (χ1v) is 13.7. The van der Waals surface area contributed by atoms with Crippen LogP contribution >= 0.6 is 0 Å². The monoisotopic (exact) mass is 487 g/mol. The van der Waals surface area contributed by atoms with Crippen LogP contribution in [0.25, 0.3) is 0 Å². The molecule has 0 aromatic heterocycles. The first kappa shape index (κ1) is 27.7. The van der Waals surface area contributed by atoms with Gasteiger partial charge in [-0.05, 0) is 36.4 Å². The molecule has 4 heteroatoms. The lowest BCUT2D eigenvalue weighted by Crippen LogP contribution is -2.43. The SMILES string of the molecule is CCCCCCCC[B-](Cc1ccc(OC)cc1)(Cc1ccc(OC)cc1)Cc1ccc(OC)cc1. The third-order valence-electron chi connectivity index (χ3n) is 7.65. The van der Waals surface area contributed by atoms with Crippen LogP contribution in [0.4, 0.5) is 0 Å². The quantitative estimate of drug-likeness (QED) is 0.151. The van der Waals surface area contributed by atoms with Gasteiger partial charge in [0.15, 0.2) is 0 Å². The molecule has 0 bridgehead atoms. The average molecular weight is 488 g/mol. The zero-order chi connectivity index (χ0) is 25.6. The third-order valence-corrected chi connectivity index (χ3v) is 7.65. The second-order valence-electron chi connectivity index (χ2n) is 10.4. The van der Waals surface area contributed by atoms with Gasteiger partial charge >= 0.3 is 0 Å². The fourth-order valence-corrected chi connectivity index (χ4v) is 5.67. The summed E-state index contributed by atoms with van der Waals surface area (Å²) in [4.78, 5) is 0. The van der Waals surface area contributed by atoms with Gasteiger partial charge in [-0.3, -0.25) is 0 Å². The Morgan fingerprint density at radius 1 is 0.472 bits per heavy atom. The Kier molecular flexibility index (Phi) is 11.3. The predicted octanol–water partition coefficient (Wildman–Crippen LogP) is 8.17. The average Bonchev–Trinajstić information content (AvgIpc) is 2.92. The Bertz CT molecular complexity index is 877. The molecular formula is C32H44BO3-. The van der Waals surface area contributed by atoms with Crippen molar-refractivity contribution in [2.45, 2.75) is 70.7 Å². The molecule has 0 spiro atoms. The topological polar surface area (TPSA) is 27.7 Å². The lowest BCUT2D eigenvalue weighted by molar-refractivity contribution is 0.414. The van der Waals surface area contributed by atoms with Gasteiger partial charge in [-0.1, -0.05) is 98.5 Å². The number of unbranched alkanes of at least 4 members (excludes halogenated alkanes) is 5. The molecule has 0 aliphatic rings. The summed E-state index contributed by atoms with van der Waals surface area (Å²) < 4.78 is 16.3. The largest absolute Gasteiger partial charge is 0.497 e. The molecule has 3 aromatic carbocycles. The Labute approximate surface area is 219 Å². The van der Waals surface area contributed by atoms with Crippen molar-refractivity contribution in [1.29, 1.82) is 0 Å². The van der Waals surface area contributed by atoms with Gasteiger partial charge in [0.05, 0.1) is 21.3 Å². The lowest BCUT2D eigenvalue weighted by atomic mass is 9.16. The van der Waals surface area contributed by atoms with Crippen LogP contribution < -0.4 is 14.2 Å². The van der Waals surface area contributed by atoms with E-state index in [-0.39, 0.29) is 0 Å². The summed E-state index contributed by atoms with van der Waals surface area (Å²) in [6.45, 7) is 2.28. The number of benzene rings is 3. The summed E-state index contributed by atoms with van der Waals surface area (Å²) in [6.07, 6.45) is 11.7. The minimum Gasteiger partial charge on any atom is -0.497 e. The predicted molar refractivity (Wildman–Crippen MR) is 154 cm³/mol. The second kappa shape index (κ2) is 14.6. The van der Waals surface area contributed by atoms with Gasteiger partial charge in [-0.15, -0.1) is 0 Å². The maximum absolute atomic E-state index is 5.43. The molecule has 3 aromatic rings.